The molecule has 2 aliphatic rings. The van der Waals surface area contributed by atoms with Crippen LogP contribution < -0.4 is 15.5 Å². The second-order valence-electron chi connectivity index (χ2n) is 7.37. The van der Waals surface area contributed by atoms with Gasteiger partial charge >= 0.3 is 6.03 Å². The minimum Gasteiger partial charge on any atom is -0.371 e. The lowest BCUT2D eigenvalue weighted by Gasteiger charge is -2.19. The van der Waals surface area contributed by atoms with Crippen molar-refractivity contribution in [1.29, 1.82) is 0 Å². The number of nitrogens with zero attached hydrogens (tertiary/aromatic N) is 1. The van der Waals surface area contributed by atoms with E-state index in [-0.39, 0.29) is 11.9 Å². The fourth-order valence-corrected chi connectivity index (χ4v) is 3.98. The number of nitrogens with one attached hydrogen (secondary N) is 2. The second kappa shape index (κ2) is 7.55. The van der Waals surface area contributed by atoms with Crippen LogP contribution in [0.2, 0.25) is 0 Å². The summed E-state index contributed by atoms with van der Waals surface area (Å²) in [4.78, 5) is 14.2. The van der Waals surface area contributed by atoms with Gasteiger partial charge in [0.1, 0.15) is 0 Å². The van der Waals surface area contributed by atoms with Crippen molar-refractivity contribution in [2.45, 2.75) is 25.7 Å². The third kappa shape index (κ3) is 4.04. The molecule has 2 amide bonds. The van der Waals surface area contributed by atoms with Crippen LogP contribution in [0.15, 0.2) is 36.4 Å². The fourth-order valence-electron chi connectivity index (χ4n) is 3.98. The van der Waals surface area contributed by atoms with Crippen LogP contribution in [0.4, 0.5) is 25.0 Å². The van der Waals surface area contributed by atoms with Gasteiger partial charge in [0.2, 0.25) is 0 Å². The van der Waals surface area contributed by atoms with Gasteiger partial charge in [0.05, 0.1) is 0 Å². The number of halogens is 2. The highest BCUT2D eigenvalue weighted by atomic mass is 19.2. The van der Waals surface area contributed by atoms with E-state index < -0.39 is 11.6 Å². The van der Waals surface area contributed by atoms with Gasteiger partial charge in [0, 0.05) is 37.1 Å². The number of fused-ring (bicyclic) bond motifs is 1. The topological polar surface area (TPSA) is 44.4 Å². The predicted molar refractivity (Wildman–Crippen MR) is 102 cm³/mol. The largest absolute Gasteiger partial charge is 0.371 e. The molecule has 1 aliphatic carbocycles. The summed E-state index contributed by atoms with van der Waals surface area (Å²) in [6.07, 6.45) is 4.28. The number of aryl methyl sites for hydroxylation is 2. The van der Waals surface area contributed by atoms with Gasteiger partial charge in [0.25, 0.3) is 0 Å². The summed E-state index contributed by atoms with van der Waals surface area (Å²) in [5, 5.41) is 5.82. The van der Waals surface area contributed by atoms with Crippen LogP contribution in [0.3, 0.4) is 0 Å². The number of hydrogen-bond donors (Lipinski definition) is 2. The van der Waals surface area contributed by atoms with Gasteiger partial charge in [-0.25, -0.2) is 13.6 Å². The highest BCUT2D eigenvalue weighted by Crippen LogP contribution is 2.26. The first-order chi connectivity index (χ1) is 13.1. The Kier molecular flexibility index (Phi) is 4.97. The first-order valence-electron chi connectivity index (χ1n) is 9.45. The highest BCUT2D eigenvalue weighted by Gasteiger charge is 2.24. The number of hydrogen-bond acceptors (Lipinski definition) is 2. The van der Waals surface area contributed by atoms with Crippen LogP contribution in [-0.4, -0.2) is 25.7 Å². The van der Waals surface area contributed by atoms with Crippen LogP contribution in [0.25, 0.3) is 0 Å². The quantitative estimate of drug-likeness (QED) is 0.850. The van der Waals surface area contributed by atoms with Crippen LogP contribution in [-0.2, 0) is 12.8 Å². The molecule has 2 N–H and O–H groups in total. The molecule has 4 nitrogen and oxygen atoms in total. The fraction of sp³-hybridized carbons (Fsp3) is 0.381. The average molecular weight is 371 g/mol. The van der Waals surface area contributed by atoms with Crippen LogP contribution in [0, 0.1) is 17.6 Å². The van der Waals surface area contributed by atoms with E-state index in [2.05, 4.69) is 22.8 Å². The molecule has 6 heteroatoms. The zero-order chi connectivity index (χ0) is 18.8. The van der Waals surface area contributed by atoms with Crippen molar-refractivity contribution in [3.05, 3.63) is 59.2 Å². The Morgan fingerprint density at radius 1 is 1.07 bits per heavy atom. The Hall–Kier alpha value is -2.63. The molecule has 4 rings (SSSR count). The summed E-state index contributed by atoms with van der Waals surface area (Å²) in [7, 11) is 0. The molecule has 0 aromatic heterocycles. The van der Waals surface area contributed by atoms with E-state index in [1.54, 1.807) is 6.07 Å². The summed E-state index contributed by atoms with van der Waals surface area (Å²) in [6.45, 7) is 2.03. The molecule has 1 aliphatic heterocycles. The van der Waals surface area contributed by atoms with Gasteiger partial charge < -0.3 is 15.5 Å². The molecule has 27 heavy (non-hydrogen) atoms. The zero-order valence-electron chi connectivity index (χ0n) is 15.1. The number of benzene rings is 2. The molecule has 2 aromatic rings. The Morgan fingerprint density at radius 3 is 2.78 bits per heavy atom. The summed E-state index contributed by atoms with van der Waals surface area (Å²) in [5.41, 5.74) is 4.21. The Morgan fingerprint density at radius 2 is 1.93 bits per heavy atom. The van der Waals surface area contributed by atoms with Crippen LogP contribution in [0.5, 0.6) is 0 Å². The Balaban J connectivity index is 1.26. The van der Waals surface area contributed by atoms with Crippen molar-refractivity contribution < 1.29 is 13.6 Å². The molecule has 0 radical (unpaired) electrons. The molecule has 1 atom stereocenters. The van der Waals surface area contributed by atoms with Gasteiger partial charge in [0.15, 0.2) is 11.6 Å². The molecule has 0 saturated carbocycles. The number of rotatable bonds is 4. The van der Waals surface area contributed by atoms with E-state index in [0.717, 1.165) is 37.6 Å². The molecule has 1 heterocycles. The highest BCUT2D eigenvalue weighted by molar-refractivity contribution is 5.89. The predicted octanol–water partition coefficient (Wildman–Crippen LogP) is 4.10. The zero-order valence-corrected chi connectivity index (χ0v) is 15.1. The van der Waals surface area contributed by atoms with E-state index in [9.17, 15) is 13.6 Å². The number of anilines is 2. The maximum absolute atomic E-state index is 13.4. The van der Waals surface area contributed by atoms with Gasteiger partial charge in [-0.2, -0.15) is 0 Å². The summed E-state index contributed by atoms with van der Waals surface area (Å²) >= 11 is 0. The maximum atomic E-state index is 13.4. The summed E-state index contributed by atoms with van der Waals surface area (Å²) in [5.74, 6) is -1.38. The standard InChI is InChI=1S/C21H23F2N3O/c22-19-7-6-18(11-20(19)23)26-9-8-14(13-26)12-24-21(27)25-17-5-4-15-2-1-3-16(15)10-17/h4-7,10-11,14H,1-3,8-9,12-13H2,(H2,24,25,27)/t14-/m1/s1. The number of amides is 2. The second-order valence-corrected chi connectivity index (χ2v) is 7.37. The van der Waals surface area contributed by atoms with Crippen LogP contribution >= 0.6 is 0 Å². The minimum atomic E-state index is -0.834. The van der Waals surface area contributed by atoms with Gasteiger partial charge in [-0.3, -0.25) is 0 Å². The van der Waals surface area contributed by atoms with Crippen molar-refractivity contribution >= 4 is 17.4 Å². The van der Waals surface area contributed by atoms with E-state index in [0.29, 0.717) is 18.8 Å². The average Bonchev–Trinajstić information content (AvgIpc) is 3.31. The van der Waals surface area contributed by atoms with E-state index in [1.165, 1.54) is 23.6 Å². The van der Waals surface area contributed by atoms with Crippen molar-refractivity contribution in [3.63, 3.8) is 0 Å². The normalized spacial score (nSPS) is 18.4. The van der Waals surface area contributed by atoms with Crippen molar-refractivity contribution in [2.75, 3.05) is 29.9 Å². The Bertz CT molecular complexity index is 855. The van der Waals surface area contributed by atoms with E-state index in [4.69, 9.17) is 0 Å². The molecule has 0 spiro atoms. The lowest BCUT2D eigenvalue weighted by atomic mass is 10.1. The molecule has 142 valence electrons. The van der Waals surface area contributed by atoms with Crippen molar-refractivity contribution in [2.24, 2.45) is 5.92 Å². The maximum Gasteiger partial charge on any atom is 0.319 e. The number of carbonyl (C=O) groups excluding carboxylic acids is 1. The van der Waals surface area contributed by atoms with Gasteiger partial charge in [-0.05, 0) is 67.0 Å². The van der Waals surface area contributed by atoms with Crippen molar-refractivity contribution in [1.82, 2.24) is 5.32 Å². The molecule has 1 saturated heterocycles. The summed E-state index contributed by atoms with van der Waals surface area (Å²) < 4.78 is 26.5. The first-order valence-corrected chi connectivity index (χ1v) is 9.45. The first kappa shape index (κ1) is 17.8. The van der Waals surface area contributed by atoms with E-state index >= 15 is 0 Å². The lowest BCUT2D eigenvalue weighted by Crippen LogP contribution is -2.34. The minimum absolute atomic E-state index is 0.209. The third-order valence-corrected chi connectivity index (χ3v) is 5.46. The molecule has 0 bridgehead atoms. The molecular weight excluding hydrogens is 348 g/mol. The lowest BCUT2D eigenvalue weighted by molar-refractivity contribution is 0.250. The SMILES string of the molecule is O=C(NC[C@H]1CCN(c2ccc(F)c(F)c2)C1)Nc1ccc2c(c1)CCC2. The monoisotopic (exact) mass is 371 g/mol. The Labute approximate surface area is 157 Å². The third-order valence-electron chi connectivity index (χ3n) is 5.46. The van der Waals surface area contributed by atoms with E-state index in [1.807, 2.05) is 11.0 Å². The van der Waals surface area contributed by atoms with Crippen molar-refractivity contribution in [3.8, 4) is 0 Å². The molecule has 0 unspecified atom stereocenters. The van der Waals surface area contributed by atoms with Gasteiger partial charge in [-0.15, -0.1) is 0 Å². The molecule has 2 aromatic carbocycles. The van der Waals surface area contributed by atoms with Gasteiger partial charge in [-0.1, -0.05) is 6.07 Å². The number of urea groups is 1. The van der Waals surface area contributed by atoms with Crippen LogP contribution in [0.1, 0.15) is 24.0 Å². The molecular formula is C21H23F2N3O. The number of carbonyl (C=O) groups is 1. The smallest absolute Gasteiger partial charge is 0.319 e. The molecule has 1 fully saturated rings. The summed E-state index contributed by atoms with van der Waals surface area (Å²) in [6, 6.07) is 9.86.